The minimum Gasteiger partial charge on any atom is -0.493 e. The molecule has 0 aliphatic rings. The fraction of sp³-hybridized carbons (Fsp3) is 0.294. The average Bonchev–Trinajstić information content (AvgIpc) is 2.55. The zero-order valence-corrected chi connectivity index (χ0v) is 14.3. The van der Waals surface area contributed by atoms with Crippen LogP contribution in [-0.4, -0.2) is 25.9 Å². The lowest BCUT2D eigenvalue weighted by molar-refractivity contribution is 0.174. The van der Waals surface area contributed by atoms with Crippen LogP contribution in [0.5, 0.6) is 11.5 Å². The van der Waals surface area contributed by atoms with Gasteiger partial charge in [0.15, 0.2) is 11.5 Å². The summed E-state index contributed by atoms with van der Waals surface area (Å²) in [5.41, 5.74) is 1.94. The van der Waals surface area contributed by atoms with Crippen molar-refractivity contribution in [1.82, 2.24) is 5.32 Å². The Bertz CT molecular complexity index is 619. The molecule has 0 spiro atoms. The van der Waals surface area contributed by atoms with E-state index in [4.69, 9.17) is 9.47 Å². The zero-order valence-electron chi connectivity index (χ0n) is 12.7. The van der Waals surface area contributed by atoms with Gasteiger partial charge in [0, 0.05) is 17.6 Å². The Kier molecular flexibility index (Phi) is 6.24. The van der Waals surface area contributed by atoms with Gasteiger partial charge in [-0.3, -0.25) is 0 Å². The lowest BCUT2D eigenvalue weighted by Gasteiger charge is -2.15. The number of aliphatic hydroxyl groups excluding tert-OH is 1. The van der Waals surface area contributed by atoms with E-state index in [0.29, 0.717) is 24.6 Å². The van der Waals surface area contributed by atoms with Crippen molar-refractivity contribution < 1.29 is 14.6 Å². The lowest BCUT2D eigenvalue weighted by atomic mass is 10.1. The molecule has 0 fully saturated rings. The Morgan fingerprint density at radius 3 is 2.50 bits per heavy atom. The van der Waals surface area contributed by atoms with Crippen molar-refractivity contribution in [2.45, 2.75) is 12.6 Å². The summed E-state index contributed by atoms with van der Waals surface area (Å²) in [6.45, 7) is 1.14. The molecule has 4 nitrogen and oxygen atoms in total. The molecule has 1 atom stereocenters. The van der Waals surface area contributed by atoms with E-state index in [9.17, 15) is 5.11 Å². The first-order chi connectivity index (χ1) is 10.7. The summed E-state index contributed by atoms with van der Waals surface area (Å²) in [5, 5.41) is 13.5. The molecule has 0 saturated carbocycles. The van der Waals surface area contributed by atoms with E-state index in [-0.39, 0.29) is 0 Å². The number of nitrogens with one attached hydrogen (secondary N) is 1. The van der Waals surface area contributed by atoms with Crippen LogP contribution in [0.4, 0.5) is 0 Å². The van der Waals surface area contributed by atoms with Crippen LogP contribution in [0, 0.1) is 0 Å². The molecular formula is C17H20BrNO3. The van der Waals surface area contributed by atoms with Gasteiger partial charge in [0.2, 0.25) is 0 Å². The van der Waals surface area contributed by atoms with Crippen LogP contribution in [-0.2, 0) is 6.54 Å². The molecule has 1 unspecified atom stereocenters. The average molecular weight is 366 g/mol. The Morgan fingerprint density at radius 2 is 1.82 bits per heavy atom. The predicted molar refractivity (Wildman–Crippen MR) is 90.4 cm³/mol. The van der Waals surface area contributed by atoms with Crippen LogP contribution in [0.25, 0.3) is 0 Å². The second kappa shape index (κ2) is 8.17. The molecular weight excluding hydrogens is 346 g/mol. The highest BCUT2D eigenvalue weighted by molar-refractivity contribution is 9.10. The van der Waals surface area contributed by atoms with Gasteiger partial charge in [0.05, 0.1) is 20.3 Å². The van der Waals surface area contributed by atoms with E-state index in [2.05, 4.69) is 21.2 Å². The topological polar surface area (TPSA) is 50.7 Å². The van der Waals surface area contributed by atoms with Crippen LogP contribution in [0.15, 0.2) is 46.9 Å². The van der Waals surface area contributed by atoms with Crippen molar-refractivity contribution in [2.24, 2.45) is 0 Å². The third-order valence-corrected chi connectivity index (χ3v) is 4.18. The molecule has 0 aliphatic carbocycles. The molecule has 118 valence electrons. The second-order valence-corrected chi connectivity index (χ2v) is 5.71. The molecule has 2 rings (SSSR count). The van der Waals surface area contributed by atoms with Crippen molar-refractivity contribution in [2.75, 3.05) is 20.8 Å². The fourth-order valence-electron chi connectivity index (χ4n) is 2.16. The zero-order chi connectivity index (χ0) is 15.9. The minimum absolute atomic E-state index is 0.455. The summed E-state index contributed by atoms with van der Waals surface area (Å²) in [7, 11) is 3.17. The van der Waals surface area contributed by atoms with Crippen molar-refractivity contribution >= 4 is 15.9 Å². The van der Waals surface area contributed by atoms with E-state index in [0.717, 1.165) is 15.6 Å². The van der Waals surface area contributed by atoms with Gasteiger partial charge in [0.1, 0.15) is 0 Å². The first-order valence-corrected chi connectivity index (χ1v) is 7.79. The lowest BCUT2D eigenvalue weighted by Crippen LogP contribution is -2.21. The SMILES string of the molecule is COc1ccc(C(O)CNCc2ccccc2Br)cc1OC. The highest BCUT2D eigenvalue weighted by Crippen LogP contribution is 2.29. The smallest absolute Gasteiger partial charge is 0.161 e. The first kappa shape index (κ1) is 16.8. The molecule has 0 radical (unpaired) electrons. The van der Waals surface area contributed by atoms with E-state index >= 15 is 0 Å². The molecule has 2 aromatic carbocycles. The van der Waals surface area contributed by atoms with E-state index in [1.807, 2.05) is 30.3 Å². The van der Waals surface area contributed by atoms with Crippen molar-refractivity contribution in [3.8, 4) is 11.5 Å². The summed E-state index contributed by atoms with van der Waals surface area (Å²) in [4.78, 5) is 0. The molecule has 0 aromatic heterocycles. The number of hydrogen-bond donors (Lipinski definition) is 2. The van der Waals surface area contributed by atoms with Crippen molar-refractivity contribution in [1.29, 1.82) is 0 Å². The summed E-state index contributed by atoms with van der Waals surface area (Å²) in [6.07, 6.45) is -0.609. The standard InChI is InChI=1S/C17H20BrNO3/c1-21-16-8-7-12(9-17(16)22-2)15(20)11-19-10-13-5-3-4-6-14(13)18/h3-9,15,19-20H,10-11H2,1-2H3. The van der Waals surface area contributed by atoms with Gasteiger partial charge in [-0.2, -0.15) is 0 Å². The molecule has 22 heavy (non-hydrogen) atoms. The van der Waals surface area contributed by atoms with Crippen LogP contribution in [0.2, 0.25) is 0 Å². The molecule has 0 saturated heterocycles. The van der Waals surface area contributed by atoms with Gasteiger partial charge < -0.3 is 19.9 Å². The maximum Gasteiger partial charge on any atom is 0.161 e. The highest BCUT2D eigenvalue weighted by atomic mass is 79.9. The third-order valence-electron chi connectivity index (χ3n) is 3.40. The molecule has 5 heteroatoms. The van der Waals surface area contributed by atoms with Gasteiger partial charge in [-0.15, -0.1) is 0 Å². The summed E-state index contributed by atoms with van der Waals surface area (Å²) in [5.74, 6) is 1.27. The molecule has 2 aromatic rings. The molecule has 0 bridgehead atoms. The van der Waals surface area contributed by atoms with Gasteiger partial charge in [-0.25, -0.2) is 0 Å². The molecule has 0 heterocycles. The Labute approximate surface area is 139 Å². The van der Waals surface area contributed by atoms with Crippen LogP contribution in [0.1, 0.15) is 17.2 Å². The van der Waals surface area contributed by atoms with Crippen LogP contribution >= 0.6 is 15.9 Å². The van der Waals surface area contributed by atoms with Gasteiger partial charge in [-0.05, 0) is 29.3 Å². The van der Waals surface area contributed by atoms with E-state index in [1.165, 1.54) is 0 Å². The minimum atomic E-state index is -0.609. The molecule has 0 amide bonds. The number of halogens is 1. The number of ether oxygens (including phenoxy) is 2. The number of methoxy groups -OCH3 is 2. The normalized spacial score (nSPS) is 12.0. The van der Waals surface area contributed by atoms with E-state index in [1.54, 1.807) is 26.4 Å². The Hall–Kier alpha value is -1.56. The third kappa shape index (κ3) is 4.22. The maximum absolute atomic E-state index is 10.3. The summed E-state index contributed by atoms with van der Waals surface area (Å²) < 4.78 is 11.5. The van der Waals surface area contributed by atoms with Crippen LogP contribution in [0.3, 0.4) is 0 Å². The number of rotatable bonds is 7. The fourth-order valence-corrected chi connectivity index (χ4v) is 2.59. The van der Waals surface area contributed by atoms with Gasteiger partial charge in [0.25, 0.3) is 0 Å². The van der Waals surface area contributed by atoms with Crippen molar-refractivity contribution in [3.05, 3.63) is 58.1 Å². The predicted octanol–water partition coefficient (Wildman–Crippen LogP) is 3.29. The van der Waals surface area contributed by atoms with Gasteiger partial charge >= 0.3 is 0 Å². The second-order valence-electron chi connectivity index (χ2n) is 4.85. The Morgan fingerprint density at radius 1 is 1.09 bits per heavy atom. The molecule has 2 N–H and O–H groups in total. The number of aliphatic hydroxyl groups is 1. The molecule has 0 aliphatic heterocycles. The summed E-state index contributed by atoms with van der Waals surface area (Å²) in [6, 6.07) is 13.4. The maximum atomic E-state index is 10.3. The number of hydrogen-bond acceptors (Lipinski definition) is 4. The van der Waals surface area contributed by atoms with Crippen molar-refractivity contribution in [3.63, 3.8) is 0 Å². The first-order valence-electron chi connectivity index (χ1n) is 6.99. The highest BCUT2D eigenvalue weighted by Gasteiger charge is 2.11. The monoisotopic (exact) mass is 365 g/mol. The number of benzene rings is 2. The quantitative estimate of drug-likeness (QED) is 0.790. The summed E-state index contributed by atoms with van der Waals surface area (Å²) >= 11 is 3.51. The van der Waals surface area contributed by atoms with Crippen LogP contribution < -0.4 is 14.8 Å². The largest absolute Gasteiger partial charge is 0.493 e. The van der Waals surface area contributed by atoms with Gasteiger partial charge in [-0.1, -0.05) is 40.2 Å². The Balaban J connectivity index is 1.95. The van der Waals surface area contributed by atoms with E-state index < -0.39 is 6.10 Å².